The van der Waals surface area contributed by atoms with Crippen LogP contribution in [0.4, 0.5) is 4.39 Å². The molecule has 0 aliphatic rings. The average molecular weight is 394 g/mol. The Labute approximate surface area is 164 Å². The largest absolute Gasteiger partial charge is 0.478 e. The number of benzene rings is 1. The number of aromatic carboxylic acids is 1. The number of rotatable bonds is 4. The molecular formula is C21H13ClFN3O2. The lowest BCUT2D eigenvalue weighted by Gasteiger charge is -2.11. The molecule has 0 unspecified atom stereocenters. The third-order valence-electron chi connectivity index (χ3n) is 4.40. The number of carboxylic acids is 1. The van der Waals surface area contributed by atoms with Crippen molar-refractivity contribution in [1.82, 2.24) is 15.0 Å². The van der Waals surface area contributed by atoms with Crippen molar-refractivity contribution >= 4 is 28.6 Å². The number of carbonyl (C=O) groups is 1. The van der Waals surface area contributed by atoms with Crippen LogP contribution in [0.5, 0.6) is 0 Å². The zero-order valence-corrected chi connectivity index (χ0v) is 15.2. The Bertz CT molecular complexity index is 1210. The number of hydrogen-bond acceptors (Lipinski definition) is 4. The van der Waals surface area contributed by atoms with Crippen molar-refractivity contribution < 1.29 is 14.3 Å². The van der Waals surface area contributed by atoms with Crippen LogP contribution in [0.15, 0.2) is 61.1 Å². The summed E-state index contributed by atoms with van der Waals surface area (Å²) < 4.78 is 14.4. The third-order valence-corrected chi connectivity index (χ3v) is 4.63. The highest BCUT2D eigenvalue weighted by Crippen LogP contribution is 2.29. The predicted octanol–water partition coefficient (Wildman–Crippen LogP) is 4.77. The molecule has 1 aromatic carbocycles. The van der Waals surface area contributed by atoms with Crippen LogP contribution in [0, 0.1) is 5.82 Å². The number of halogens is 2. The summed E-state index contributed by atoms with van der Waals surface area (Å²) in [6, 6.07) is 11.3. The lowest BCUT2D eigenvalue weighted by molar-refractivity contribution is 0.0695. The molecule has 0 saturated carbocycles. The van der Waals surface area contributed by atoms with E-state index in [0.29, 0.717) is 28.3 Å². The van der Waals surface area contributed by atoms with E-state index in [9.17, 15) is 14.3 Å². The van der Waals surface area contributed by atoms with E-state index in [1.54, 1.807) is 30.6 Å². The highest BCUT2D eigenvalue weighted by atomic mass is 35.5. The number of pyridine rings is 3. The minimum atomic E-state index is -1.05. The summed E-state index contributed by atoms with van der Waals surface area (Å²) in [7, 11) is 0. The fraction of sp³-hybridized carbons (Fsp3) is 0.0476. The Balaban J connectivity index is 1.91. The average Bonchev–Trinajstić information content (AvgIpc) is 2.70. The quantitative estimate of drug-likeness (QED) is 0.540. The molecule has 0 fully saturated rings. The van der Waals surface area contributed by atoms with E-state index in [1.807, 2.05) is 6.07 Å². The van der Waals surface area contributed by atoms with Crippen molar-refractivity contribution in [2.45, 2.75) is 6.42 Å². The molecule has 1 N–H and O–H groups in total. The monoisotopic (exact) mass is 393 g/mol. The van der Waals surface area contributed by atoms with Crippen LogP contribution in [0.25, 0.3) is 22.3 Å². The molecule has 0 atom stereocenters. The van der Waals surface area contributed by atoms with Gasteiger partial charge >= 0.3 is 5.97 Å². The summed E-state index contributed by atoms with van der Waals surface area (Å²) in [4.78, 5) is 24.2. The highest BCUT2D eigenvalue weighted by molar-refractivity contribution is 6.30. The Morgan fingerprint density at radius 2 is 1.96 bits per heavy atom. The van der Waals surface area contributed by atoms with Gasteiger partial charge in [-0.05, 0) is 60.0 Å². The van der Waals surface area contributed by atoms with E-state index in [4.69, 9.17) is 11.6 Å². The van der Waals surface area contributed by atoms with Gasteiger partial charge in [0.1, 0.15) is 5.82 Å². The standard InChI is InChI=1S/C21H13ClFN3O2/c22-14-3-4-18(23)16(10-14)19-9-13(15-2-1-6-25-20(15)26-19)8-12-5-7-24-11-17(12)21(27)28/h1-7,9-11H,8H2,(H,27,28). The third kappa shape index (κ3) is 3.42. The first-order chi connectivity index (χ1) is 13.5. The minimum Gasteiger partial charge on any atom is -0.478 e. The topological polar surface area (TPSA) is 76.0 Å². The van der Waals surface area contributed by atoms with Gasteiger partial charge in [0.15, 0.2) is 5.65 Å². The van der Waals surface area contributed by atoms with E-state index < -0.39 is 11.8 Å². The van der Waals surface area contributed by atoms with Gasteiger partial charge in [0.25, 0.3) is 0 Å². The van der Waals surface area contributed by atoms with E-state index in [2.05, 4.69) is 15.0 Å². The molecule has 0 amide bonds. The molecule has 3 aromatic heterocycles. The zero-order valence-electron chi connectivity index (χ0n) is 14.4. The van der Waals surface area contributed by atoms with E-state index in [0.717, 1.165) is 10.9 Å². The van der Waals surface area contributed by atoms with Crippen LogP contribution in [0.3, 0.4) is 0 Å². The van der Waals surface area contributed by atoms with Crippen molar-refractivity contribution in [2.75, 3.05) is 0 Å². The van der Waals surface area contributed by atoms with Gasteiger partial charge in [0.05, 0.1) is 11.3 Å². The normalized spacial score (nSPS) is 10.9. The van der Waals surface area contributed by atoms with Crippen LogP contribution in [-0.2, 0) is 6.42 Å². The van der Waals surface area contributed by atoms with Crippen molar-refractivity contribution in [3.63, 3.8) is 0 Å². The molecule has 0 aliphatic heterocycles. The molecule has 0 radical (unpaired) electrons. The summed E-state index contributed by atoms with van der Waals surface area (Å²) in [5, 5.41) is 10.6. The van der Waals surface area contributed by atoms with E-state index >= 15 is 0 Å². The molecule has 138 valence electrons. The van der Waals surface area contributed by atoms with Crippen LogP contribution in [0.2, 0.25) is 5.02 Å². The number of fused-ring (bicyclic) bond motifs is 1. The second-order valence-corrected chi connectivity index (χ2v) is 6.62. The van der Waals surface area contributed by atoms with Gasteiger partial charge in [-0.1, -0.05) is 11.6 Å². The molecule has 28 heavy (non-hydrogen) atoms. The number of hydrogen-bond donors (Lipinski definition) is 1. The molecular weight excluding hydrogens is 381 g/mol. The van der Waals surface area contributed by atoms with Gasteiger partial charge in [-0.25, -0.2) is 19.2 Å². The van der Waals surface area contributed by atoms with Gasteiger partial charge in [0.2, 0.25) is 0 Å². The molecule has 5 nitrogen and oxygen atoms in total. The fourth-order valence-electron chi connectivity index (χ4n) is 3.08. The minimum absolute atomic E-state index is 0.117. The lowest BCUT2D eigenvalue weighted by atomic mass is 9.97. The first-order valence-corrected chi connectivity index (χ1v) is 8.77. The van der Waals surface area contributed by atoms with Gasteiger partial charge in [-0.15, -0.1) is 0 Å². The Morgan fingerprint density at radius 1 is 1.11 bits per heavy atom. The van der Waals surface area contributed by atoms with Crippen LogP contribution < -0.4 is 0 Å². The smallest absolute Gasteiger partial charge is 0.337 e. The van der Waals surface area contributed by atoms with E-state index in [-0.39, 0.29) is 11.1 Å². The maximum absolute atomic E-state index is 14.4. The maximum atomic E-state index is 14.4. The second-order valence-electron chi connectivity index (χ2n) is 6.18. The first kappa shape index (κ1) is 18.0. The number of nitrogens with zero attached hydrogens (tertiary/aromatic N) is 3. The van der Waals surface area contributed by atoms with Crippen molar-refractivity contribution in [3.05, 3.63) is 88.6 Å². The van der Waals surface area contributed by atoms with Crippen LogP contribution >= 0.6 is 11.6 Å². The molecule has 7 heteroatoms. The summed E-state index contributed by atoms with van der Waals surface area (Å²) in [6.45, 7) is 0. The lowest BCUT2D eigenvalue weighted by Crippen LogP contribution is -2.05. The molecule has 0 saturated heterocycles. The number of carboxylic acid groups (broad SMARTS) is 1. The van der Waals surface area contributed by atoms with Gasteiger partial charge < -0.3 is 5.11 Å². The second kappa shape index (κ2) is 7.32. The molecule has 0 bridgehead atoms. The summed E-state index contributed by atoms with van der Waals surface area (Å²) in [6.07, 6.45) is 4.77. The zero-order chi connectivity index (χ0) is 19.7. The molecule has 4 rings (SSSR count). The maximum Gasteiger partial charge on any atom is 0.337 e. The Hall–Kier alpha value is -3.38. The summed E-state index contributed by atoms with van der Waals surface area (Å²) in [5.41, 5.74) is 2.58. The van der Waals surface area contributed by atoms with E-state index in [1.165, 1.54) is 24.4 Å². The Kier molecular flexibility index (Phi) is 4.71. The highest BCUT2D eigenvalue weighted by Gasteiger charge is 2.15. The van der Waals surface area contributed by atoms with Crippen molar-refractivity contribution in [3.8, 4) is 11.3 Å². The van der Waals surface area contributed by atoms with Gasteiger partial charge in [0, 0.05) is 34.6 Å². The number of aromatic nitrogens is 3. The van der Waals surface area contributed by atoms with Gasteiger partial charge in [-0.3, -0.25) is 4.98 Å². The van der Waals surface area contributed by atoms with Crippen molar-refractivity contribution in [2.24, 2.45) is 0 Å². The van der Waals surface area contributed by atoms with Crippen LogP contribution in [0.1, 0.15) is 21.5 Å². The summed E-state index contributed by atoms with van der Waals surface area (Å²) >= 11 is 6.03. The fourth-order valence-corrected chi connectivity index (χ4v) is 3.25. The Morgan fingerprint density at radius 3 is 2.79 bits per heavy atom. The first-order valence-electron chi connectivity index (χ1n) is 8.39. The van der Waals surface area contributed by atoms with Crippen molar-refractivity contribution in [1.29, 1.82) is 0 Å². The SMILES string of the molecule is O=C(O)c1cnccc1Cc1cc(-c2cc(Cl)ccc2F)nc2ncccc12. The molecule has 4 aromatic rings. The predicted molar refractivity (Wildman–Crippen MR) is 104 cm³/mol. The van der Waals surface area contributed by atoms with Gasteiger partial charge in [-0.2, -0.15) is 0 Å². The summed E-state index contributed by atoms with van der Waals surface area (Å²) in [5.74, 6) is -1.51. The molecule has 3 heterocycles. The molecule has 0 spiro atoms. The van der Waals surface area contributed by atoms with Crippen LogP contribution in [-0.4, -0.2) is 26.0 Å². The molecule has 0 aliphatic carbocycles.